The van der Waals surface area contributed by atoms with Gasteiger partial charge in [-0.2, -0.15) is 4.98 Å². The molecule has 0 spiro atoms. The summed E-state index contributed by atoms with van der Waals surface area (Å²) < 4.78 is 19.4. The van der Waals surface area contributed by atoms with Gasteiger partial charge < -0.3 is 4.74 Å². The van der Waals surface area contributed by atoms with Crippen molar-refractivity contribution < 1.29 is 18.7 Å². The fourth-order valence-corrected chi connectivity index (χ4v) is 3.52. The van der Waals surface area contributed by atoms with E-state index in [0.29, 0.717) is 4.96 Å². The fraction of sp³-hybridized carbons (Fsp3) is 0.0526. The number of nitrogens with zero attached hydrogens (tertiary/aromatic N) is 3. The van der Waals surface area contributed by atoms with Crippen LogP contribution in [0.15, 0.2) is 53.9 Å². The van der Waals surface area contributed by atoms with Crippen LogP contribution < -0.4 is 5.32 Å². The Morgan fingerprint density at radius 2 is 1.82 bits per heavy atom. The zero-order valence-corrected chi connectivity index (χ0v) is 15.4. The molecule has 4 rings (SSSR count). The molecule has 0 atom stereocenters. The lowest BCUT2D eigenvalue weighted by Crippen LogP contribution is -2.17. The molecule has 0 aliphatic heterocycles. The predicted molar refractivity (Wildman–Crippen MR) is 102 cm³/mol. The van der Waals surface area contributed by atoms with Crippen molar-refractivity contribution in [1.82, 2.24) is 14.6 Å². The van der Waals surface area contributed by atoms with Crippen LogP contribution >= 0.6 is 11.3 Å². The van der Waals surface area contributed by atoms with E-state index >= 15 is 0 Å². The van der Waals surface area contributed by atoms with Gasteiger partial charge in [0.05, 0.1) is 23.9 Å². The molecule has 0 radical (unpaired) electrons. The van der Waals surface area contributed by atoms with Crippen molar-refractivity contribution in [3.63, 3.8) is 0 Å². The zero-order chi connectivity index (χ0) is 19.7. The van der Waals surface area contributed by atoms with Gasteiger partial charge in [0, 0.05) is 10.9 Å². The Bertz CT molecular complexity index is 1180. The average Bonchev–Trinajstić information content (AvgIpc) is 3.28. The van der Waals surface area contributed by atoms with Gasteiger partial charge in [0.1, 0.15) is 5.82 Å². The molecule has 1 amide bonds. The van der Waals surface area contributed by atoms with Gasteiger partial charge in [-0.3, -0.25) is 10.1 Å². The van der Waals surface area contributed by atoms with Crippen molar-refractivity contribution in [2.24, 2.45) is 0 Å². The van der Waals surface area contributed by atoms with Crippen molar-refractivity contribution in [1.29, 1.82) is 0 Å². The number of amides is 1. The summed E-state index contributed by atoms with van der Waals surface area (Å²) in [7, 11) is 1.25. The fourth-order valence-electron chi connectivity index (χ4n) is 2.69. The summed E-state index contributed by atoms with van der Waals surface area (Å²) in [5.74, 6) is -1.36. The molecule has 0 aliphatic rings. The highest BCUT2D eigenvalue weighted by Crippen LogP contribution is 2.26. The molecule has 0 fully saturated rings. The van der Waals surface area contributed by atoms with E-state index in [2.05, 4.69) is 15.4 Å². The number of nitrogens with one attached hydrogen (secondary N) is 1. The summed E-state index contributed by atoms with van der Waals surface area (Å²) in [5.41, 5.74) is 1.80. The summed E-state index contributed by atoms with van der Waals surface area (Å²) >= 11 is 1.34. The molecular weight excluding hydrogens is 383 g/mol. The maximum atomic E-state index is 13.2. The minimum absolute atomic E-state index is 0.0971. The van der Waals surface area contributed by atoms with E-state index in [4.69, 9.17) is 4.74 Å². The smallest absolute Gasteiger partial charge is 0.338 e. The molecule has 0 saturated heterocycles. The normalized spacial score (nSPS) is 10.8. The molecule has 0 saturated carbocycles. The van der Waals surface area contributed by atoms with Crippen LogP contribution in [-0.4, -0.2) is 33.6 Å². The van der Waals surface area contributed by atoms with E-state index in [0.717, 1.165) is 11.3 Å². The van der Waals surface area contributed by atoms with E-state index in [1.54, 1.807) is 28.8 Å². The molecule has 0 unspecified atom stereocenters. The second kappa shape index (κ2) is 7.20. The Kier molecular flexibility index (Phi) is 4.58. The molecule has 2 aromatic heterocycles. The molecule has 0 aliphatic carbocycles. The molecule has 2 heterocycles. The molecule has 1 N–H and O–H groups in total. The molecule has 4 aromatic rings. The maximum absolute atomic E-state index is 13.2. The molecule has 7 nitrogen and oxygen atoms in total. The number of fused-ring (bicyclic) bond motifs is 1. The predicted octanol–water partition coefficient (Wildman–Crippen LogP) is 3.64. The van der Waals surface area contributed by atoms with E-state index in [9.17, 15) is 14.0 Å². The number of benzene rings is 2. The molecule has 2 aromatic carbocycles. The first kappa shape index (κ1) is 17.8. The standard InChI is InChI=1S/C19H13FN4O3S/c1-27-17(26)14-5-3-2-4-13(14)16(25)21-18-22-19-24(23-18)15(10-28-19)11-6-8-12(20)9-7-11/h2-10H,1H3,(H,21,23,25). The van der Waals surface area contributed by atoms with Crippen LogP contribution in [0.1, 0.15) is 20.7 Å². The highest BCUT2D eigenvalue weighted by atomic mass is 32.1. The number of halogens is 1. The van der Waals surface area contributed by atoms with Crippen molar-refractivity contribution in [3.8, 4) is 11.3 Å². The van der Waals surface area contributed by atoms with Crippen LogP contribution in [0.5, 0.6) is 0 Å². The Balaban J connectivity index is 1.64. The minimum atomic E-state index is -0.608. The Morgan fingerprint density at radius 1 is 1.11 bits per heavy atom. The van der Waals surface area contributed by atoms with Crippen LogP contribution in [0.25, 0.3) is 16.2 Å². The van der Waals surface area contributed by atoms with Crippen molar-refractivity contribution >= 4 is 34.1 Å². The highest BCUT2D eigenvalue weighted by molar-refractivity contribution is 7.15. The first-order valence-corrected chi connectivity index (χ1v) is 9.03. The minimum Gasteiger partial charge on any atom is -0.465 e. The maximum Gasteiger partial charge on any atom is 0.338 e. The molecule has 140 valence electrons. The first-order chi connectivity index (χ1) is 13.6. The zero-order valence-electron chi connectivity index (χ0n) is 14.5. The molecule has 28 heavy (non-hydrogen) atoms. The molecular formula is C19H13FN4O3S. The van der Waals surface area contributed by atoms with E-state index in [-0.39, 0.29) is 22.9 Å². The Morgan fingerprint density at radius 3 is 2.54 bits per heavy atom. The second-order valence-corrected chi connectivity index (χ2v) is 6.59. The Hall–Kier alpha value is -3.59. The van der Waals surface area contributed by atoms with Crippen LogP contribution in [-0.2, 0) is 4.74 Å². The van der Waals surface area contributed by atoms with Gasteiger partial charge >= 0.3 is 5.97 Å². The quantitative estimate of drug-likeness (QED) is 0.533. The third-order valence-electron chi connectivity index (χ3n) is 4.02. The number of anilines is 1. The SMILES string of the molecule is COC(=O)c1ccccc1C(=O)Nc1nc2scc(-c3ccc(F)cc3)n2n1. The number of hydrogen-bond acceptors (Lipinski definition) is 6. The van der Waals surface area contributed by atoms with Gasteiger partial charge in [0.2, 0.25) is 4.96 Å². The summed E-state index contributed by atoms with van der Waals surface area (Å²) in [5, 5.41) is 8.75. The lowest BCUT2D eigenvalue weighted by molar-refractivity contribution is 0.0597. The first-order valence-electron chi connectivity index (χ1n) is 8.15. The number of esters is 1. The van der Waals surface area contributed by atoms with Crippen LogP contribution in [0.4, 0.5) is 10.3 Å². The molecule has 0 bridgehead atoms. The van der Waals surface area contributed by atoms with Crippen molar-refractivity contribution in [3.05, 3.63) is 70.9 Å². The average molecular weight is 396 g/mol. The number of thiazole rings is 1. The third-order valence-corrected chi connectivity index (χ3v) is 4.84. The van der Waals surface area contributed by atoms with Crippen LogP contribution in [0, 0.1) is 5.82 Å². The number of rotatable bonds is 4. The summed E-state index contributed by atoms with van der Waals surface area (Å²) in [4.78, 5) is 29.3. The van der Waals surface area contributed by atoms with Gasteiger partial charge in [0.25, 0.3) is 11.9 Å². The molecule has 9 heteroatoms. The summed E-state index contributed by atoms with van der Waals surface area (Å²) in [6.45, 7) is 0. The number of carbonyl (C=O) groups is 2. The lowest BCUT2D eigenvalue weighted by Gasteiger charge is -2.06. The third kappa shape index (κ3) is 3.23. The van der Waals surface area contributed by atoms with Gasteiger partial charge in [-0.05, 0) is 36.4 Å². The van der Waals surface area contributed by atoms with Gasteiger partial charge in [-0.1, -0.05) is 12.1 Å². The van der Waals surface area contributed by atoms with Crippen molar-refractivity contribution in [2.45, 2.75) is 0 Å². The number of aromatic nitrogens is 3. The van der Waals surface area contributed by atoms with Gasteiger partial charge in [-0.25, -0.2) is 13.7 Å². The van der Waals surface area contributed by atoms with E-state index in [1.807, 2.05) is 5.38 Å². The second-order valence-electron chi connectivity index (χ2n) is 5.75. The van der Waals surface area contributed by atoms with Crippen LogP contribution in [0.2, 0.25) is 0 Å². The van der Waals surface area contributed by atoms with Crippen molar-refractivity contribution in [2.75, 3.05) is 12.4 Å². The number of carbonyl (C=O) groups excluding carboxylic acids is 2. The van der Waals surface area contributed by atoms with Gasteiger partial charge in [-0.15, -0.1) is 16.4 Å². The number of ether oxygens (including phenoxy) is 1. The van der Waals surface area contributed by atoms with Crippen LogP contribution in [0.3, 0.4) is 0 Å². The number of hydrogen-bond donors (Lipinski definition) is 1. The monoisotopic (exact) mass is 396 g/mol. The number of methoxy groups -OCH3 is 1. The highest BCUT2D eigenvalue weighted by Gasteiger charge is 2.19. The van der Waals surface area contributed by atoms with Gasteiger partial charge in [0.15, 0.2) is 0 Å². The largest absolute Gasteiger partial charge is 0.465 e. The topological polar surface area (TPSA) is 85.6 Å². The van der Waals surface area contributed by atoms with E-state index < -0.39 is 11.9 Å². The van der Waals surface area contributed by atoms with E-state index in [1.165, 1.54) is 42.7 Å². The lowest BCUT2D eigenvalue weighted by atomic mass is 10.1. The Labute approximate surface area is 162 Å². The summed E-state index contributed by atoms with van der Waals surface area (Å²) in [6, 6.07) is 12.3. The summed E-state index contributed by atoms with van der Waals surface area (Å²) in [6.07, 6.45) is 0.